The van der Waals surface area contributed by atoms with E-state index in [0.717, 1.165) is 33.4 Å². The zero-order valence-corrected chi connectivity index (χ0v) is 59.1. The molecule has 3 aliphatic rings. The average Bonchev–Trinajstić information content (AvgIpc) is 1.44. The number of esters is 3. The van der Waals surface area contributed by atoms with Crippen LogP contribution in [0.15, 0.2) is 195 Å². The van der Waals surface area contributed by atoms with Gasteiger partial charge in [0.1, 0.15) is 48.8 Å². The van der Waals surface area contributed by atoms with E-state index in [0.29, 0.717) is 19.3 Å². The molecule has 18 nitrogen and oxygen atoms in total. The SMILES string of the molecule is C=CCCCO[C@@H]1OC(CO[C@@H]2OC(CO[C@@H]3OC(CC)[C@@H](OCc4ccccc4)[C@@H](OCc4ccccc4)C3OC(=O)C(C)(C)C)[C@@H](OCc3ccccc3)[C@H](OCc3ccccc3)C2OC(=O)C(C)(C)C)[C@@H](OCc2ccccc2)[C@@H](OCc2ccccc2)C1OC(=O)C(C)(C)C. The Balaban J connectivity index is 1.14. The molecule has 6 aromatic rings. The molecule has 6 aromatic carbocycles. The number of unbranched alkanes of at least 4 members (excludes halogenated alkanes) is 1. The van der Waals surface area contributed by atoms with Gasteiger partial charge in [0.15, 0.2) is 37.2 Å². The summed E-state index contributed by atoms with van der Waals surface area (Å²) in [7, 11) is 0. The molecule has 3 heterocycles. The van der Waals surface area contributed by atoms with Crippen LogP contribution in [0.25, 0.3) is 0 Å². The number of allylic oxidation sites excluding steroid dienone is 1. The van der Waals surface area contributed by atoms with Crippen LogP contribution < -0.4 is 0 Å². The number of carbonyl (C=O) groups excluding carboxylic acids is 3. The molecule has 534 valence electrons. The first-order valence-corrected chi connectivity index (χ1v) is 34.6. The Morgan fingerprint density at radius 3 is 0.838 bits per heavy atom. The second-order valence-electron chi connectivity index (χ2n) is 28.4. The maximum absolute atomic E-state index is 14.7. The van der Waals surface area contributed by atoms with Crippen molar-refractivity contribution in [3.63, 3.8) is 0 Å². The molecule has 0 N–H and O–H groups in total. The van der Waals surface area contributed by atoms with E-state index in [4.69, 9.17) is 71.1 Å². The fraction of sp³-hybridized carbons (Fsp3) is 0.494. The Hall–Kier alpha value is -7.01. The summed E-state index contributed by atoms with van der Waals surface area (Å²) in [6.07, 6.45) is -12.9. The smallest absolute Gasteiger partial charge is 0.311 e. The molecular weight excluding hydrogens is 1260 g/mol. The van der Waals surface area contributed by atoms with Crippen molar-refractivity contribution in [2.75, 3.05) is 19.8 Å². The summed E-state index contributed by atoms with van der Waals surface area (Å²) < 4.78 is 104. The predicted octanol–water partition coefficient (Wildman–Crippen LogP) is 14.0. The van der Waals surface area contributed by atoms with Crippen LogP contribution in [0.3, 0.4) is 0 Å². The van der Waals surface area contributed by atoms with Crippen molar-refractivity contribution in [3.8, 4) is 0 Å². The van der Waals surface area contributed by atoms with Gasteiger partial charge in [0.2, 0.25) is 0 Å². The standard InChI is InChI=1S/C81H102O18/c1-12-14-33-46-85-73-70(97-76(82)79(3,4)5)68(90-51-59-42-29-19-30-43-59)65(87-48-56-36-23-16-24-37-56)62(95-73)53-93-75-72(99-78(84)81(9,10)11)69(91-52-60-44-31-20-32-45-60)66(88-49-57-38-25-17-26-39-57)63(96-75)54-92-74-71(98-77(83)80(6,7)8)67(89-50-58-40-27-18-28-41-58)64(61(13-2)94-74)86-47-55-34-21-15-22-35-55/h12,15-32,34-45,61-75H,1,13-14,33,46-54H2,2-11H3/t61?,62?,63?,64-,65-,66-,67-,68-,69+,70?,71?,72?,73-,74-,75-/m1/s1. The molecule has 18 heteroatoms. The van der Waals surface area contributed by atoms with E-state index in [1.165, 1.54) is 0 Å². The van der Waals surface area contributed by atoms with Crippen molar-refractivity contribution in [1.29, 1.82) is 0 Å². The van der Waals surface area contributed by atoms with Crippen LogP contribution in [0.2, 0.25) is 0 Å². The minimum atomic E-state index is -1.46. The molecule has 0 radical (unpaired) electrons. The van der Waals surface area contributed by atoms with Gasteiger partial charge >= 0.3 is 17.9 Å². The minimum absolute atomic E-state index is 0.0429. The fourth-order valence-corrected chi connectivity index (χ4v) is 11.5. The Morgan fingerprint density at radius 2 is 0.586 bits per heavy atom. The number of hydrogen-bond acceptors (Lipinski definition) is 18. The van der Waals surface area contributed by atoms with E-state index >= 15 is 0 Å². The normalized spacial score (nSPS) is 25.9. The average molecular weight is 1360 g/mol. The van der Waals surface area contributed by atoms with E-state index in [1.54, 1.807) is 68.4 Å². The molecular formula is C81H102O18. The maximum atomic E-state index is 14.7. The van der Waals surface area contributed by atoms with Gasteiger partial charge in [-0.1, -0.05) is 195 Å². The third-order valence-corrected chi connectivity index (χ3v) is 17.1. The van der Waals surface area contributed by atoms with Gasteiger partial charge in [0.25, 0.3) is 0 Å². The Bertz CT molecular complexity index is 3340. The van der Waals surface area contributed by atoms with Crippen LogP contribution in [-0.2, 0) is 125 Å². The molecule has 0 amide bonds. The molecule has 9 rings (SSSR count). The largest absolute Gasteiger partial charge is 0.454 e. The molecule has 15 atom stereocenters. The van der Waals surface area contributed by atoms with Crippen LogP contribution >= 0.6 is 0 Å². The first-order chi connectivity index (χ1) is 47.7. The topological polar surface area (TPSA) is 190 Å². The van der Waals surface area contributed by atoms with Crippen molar-refractivity contribution in [2.24, 2.45) is 16.2 Å². The number of hydrogen-bond donors (Lipinski definition) is 0. The number of ether oxygens (including phenoxy) is 15. The van der Waals surface area contributed by atoms with Gasteiger partial charge in [-0.2, -0.15) is 0 Å². The molecule has 3 aliphatic heterocycles. The van der Waals surface area contributed by atoms with Crippen LogP contribution in [0.1, 0.15) is 122 Å². The van der Waals surface area contributed by atoms with Crippen molar-refractivity contribution >= 4 is 17.9 Å². The van der Waals surface area contributed by atoms with Crippen molar-refractivity contribution in [1.82, 2.24) is 0 Å². The highest BCUT2D eigenvalue weighted by molar-refractivity contribution is 5.76. The summed E-state index contributed by atoms with van der Waals surface area (Å²) in [4.78, 5) is 43.4. The zero-order chi connectivity index (χ0) is 70.4. The van der Waals surface area contributed by atoms with Crippen molar-refractivity contribution in [2.45, 2.75) is 220 Å². The van der Waals surface area contributed by atoms with E-state index in [1.807, 2.05) is 189 Å². The highest BCUT2D eigenvalue weighted by Gasteiger charge is 2.56. The zero-order valence-electron chi connectivity index (χ0n) is 59.1. The summed E-state index contributed by atoms with van der Waals surface area (Å²) in [6.45, 7) is 22.1. The molecule has 0 aliphatic carbocycles. The van der Waals surface area contributed by atoms with Crippen LogP contribution in [0.4, 0.5) is 0 Å². The highest BCUT2D eigenvalue weighted by Crippen LogP contribution is 2.39. The number of carbonyl (C=O) groups is 3. The first-order valence-electron chi connectivity index (χ1n) is 34.6. The summed E-state index contributed by atoms with van der Waals surface area (Å²) in [5.74, 6) is -1.60. The maximum Gasteiger partial charge on any atom is 0.311 e. The quantitative estimate of drug-likeness (QED) is 0.0163. The number of rotatable bonds is 33. The Kier molecular flexibility index (Phi) is 28.5. The monoisotopic (exact) mass is 1360 g/mol. The van der Waals surface area contributed by atoms with Gasteiger partial charge in [-0.05, 0) is 115 Å². The Morgan fingerprint density at radius 1 is 0.343 bits per heavy atom. The molecule has 0 spiro atoms. The summed E-state index contributed by atoms with van der Waals surface area (Å²) in [5.41, 5.74) is 2.24. The predicted molar refractivity (Wildman–Crippen MR) is 372 cm³/mol. The highest BCUT2D eigenvalue weighted by atomic mass is 16.8. The lowest BCUT2D eigenvalue weighted by molar-refractivity contribution is -0.356. The van der Waals surface area contributed by atoms with E-state index in [9.17, 15) is 14.4 Å². The van der Waals surface area contributed by atoms with Gasteiger partial charge in [0.05, 0.1) is 81.8 Å². The van der Waals surface area contributed by atoms with Gasteiger partial charge in [0, 0.05) is 0 Å². The molecule has 0 aromatic heterocycles. The lowest BCUT2D eigenvalue weighted by Crippen LogP contribution is -2.65. The van der Waals surface area contributed by atoms with Gasteiger partial charge in [-0.15, -0.1) is 6.58 Å². The first kappa shape index (κ1) is 76.2. The summed E-state index contributed by atoms with van der Waals surface area (Å²) in [5, 5.41) is 0. The molecule has 3 fully saturated rings. The lowest BCUT2D eigenvalue weighted by atomic mass is 9.94. The molecule has 99 heavy (non-hydrogen) atoms. The van der Waals surface area contributed by atoms with E-state index < -0.39 is 126 Å². The second-order valence-corrected chi connectivity index (χ2v) is 28.4. The van der Waals surface area contributed by atoms with Crippen LogP contribution in [-0.4, -0.2) is 130 Å². The van der Waals surface area contributed by atoms with Crippen molar-refractivity contribution in [3.05, 3.63) is 228 Å². The second kappa shape index (κ2) is 37.1. The fourth-order valence-electron chi connectivity index (χ4n) is 11.5. The molecule has 6 unspecified atom stereocenters. The van der Waals surface area contributed by atoms with Crippen LogP contribution in [0.5, 0.6) is 0 Å². The minimum Gasteiger partial charge on any atom is -0.454 e. The van der Waals surface area contributed by atoms with E-state index in [2.05, 4.69) is 6.58 Å². The molecule has 0 bridgehead atoms. The molecule has 0 saturated carbocycles. The van der Waals surface area contributed by atoms with Gasteiger partial charge < -0.3 is 71.1 Å². The summed E-state index contributed by atoms with van der Waals surface area (Å²) in [6, 6.07) is 58.2. The Labute approximate surface area is 585 Å². The van der Waals surface area contributed by atoms with Crippen molar-refractivity contribution < 1.29 is 85.4 Å². The molecule has 3 saturated heterocycles. The third kappa shape index (κ3) is 22.5. The van der Waals surface area contributed by atoms with E-state index in [-0.39, 0.29) is 59.5 Å². The third-order valence-electron chi connectivity index (χ3n) is 17.1. The number of benzene rings is 6. The van der Waals surface area contributed by atoms with Crippen LogP contribution in [0, 0.1) is 16.2 Å². The van der Waals surface area contributed by atoms with Gasteiger partial charge in [-0.25, -0.2) is 0 Å². The summed E-state index contributed by atoms with van der Waals surface area (Å²) >= 11 is 0. The lowest BCUT2D eigenvalue weighted by Gasteiger charge is -2.48. The van der Waals surface area contributed by atoms with Gasteiger partial charge in [-0.3, -0.25) is 14.4 Å².